The lowest BCUT2D eigenvalue weighted by atomic mass is 9.99. The summed E-state index contributed by atoms with van der Waals surface area (Å²) < 4.78 is 10.9. The highest BCUT2D eigenvalue weighted by atomic mass is 16.6. The summed E-state index contributed by atoms with van der Waals surface area (Å²) in [6, 6.07) is 14.1. The Hall–Kier alpha value is -4.67. The van der Waals surface area contributed by atoms with Crippen molar-refractivity contribution in [3.63, 3.8) is 0 Å². The second kappa shape index (κ2) is 14.4. The Bertz CT molecular complexity index is 1600. The van der Waals surface area contributed by atoms with Gasteiger partial charge in [0.2, 0.25) is 0 Å². The van der Waals surface area contributed by atoms with E-state index in [9.17, 15) is 14.4 Å². The zero-order valence-corrected chi connectivity index (χ0v) is 29.1. The summed E-state index contributed by atoms with van der Waals surface area (Å²) in [5.74, 6) is 1.28. The number of amides is 3. The van der Waals surface area contributed by atoms with Crippen molar-refractivity contribution < 1.29 is 23.9 Å². The van der Waals surface area contributed by atoms with Crippen LogP contribution in [-0.4, -0.2) is 58.9 Å². The Morgan fingerprint density at radius 1 is 0.957 bits per heavy atom. The van der Waals surface area contributed by atoms with Crippen LogP contribution >= 0.6 is 0 Å². The van der Waals surface area contributed by atoms with E-state index in [1.54, 1.807) is 69.0 Å². The summed E-state index contributed by atoms with van der Waals surface area (Å²) in [5.41, 5.74) is 2.00. The topological polar surface area (TPSA) is 126 Å². The van der Waals surface area contributed by atoms with E-state index in [-0.39, 0.29) is 18.3 Å². The molecule has 3 heterocycles. The van der Waals surface area contributed by atoms with Gasteiger partial charge < -0.3 is 19.7 Å². The SMILES string of the molecule is CCOC(=O)N(c1ccc(NC(=O)c2ccc(C)nc2N2CCC(C)CC2)cc1-c1cccc(NC(=O)OC(C)(C)C)n1)C(C)(C)C. The van der Waals surface area contributed by atoms with E-state index < -0.39 is 23.3 Å². The maximum atomic E-state index is 13.8. The number of nitrogens with one attached hydrogen (secondary N) is 2. The van der Waals surface area contributed by atoms with Crippen molar-refractivity contribution in [3.8, 4) is 11.3 Å². The molecule has 1 aromatic carbocycles. The van der Waals surface area contributed by atoms with E-state index >= 15 is 0 Å². The standard InChI is InChI=1S/C36H48N6O5/c1-10-46-34(45)42(35(4,5)6)29-17-15-25(22-27(29)28-12-11-13-30(39-28)40-33(44)47-36(7,8)9)38-32(43)26-16-14-24(3)37-31(26)41-20-18-23(2)19-21-41/h11-17,22-23H,10,18-21H2,1-9H3,(H,38,43)(H,39,40,44). The van der Waals surface area contributed by atoms with Gasteiger partial charge in [-0.2, -0.15) is 0 Å². The predicted molar refractivity (Wildman–Crippen MR) is 186 cm³/mol. The molecule has 2 N–H and O–H groups in total. The summed E-state index contributed by atoms with van der Waals surface area (Å²) in [4.78, 5) is 52.9. The maximum absolute atomic E-state index is 13.8. The molecule has 1 saturated heterocycles. The monoisotopic (exact) mass is 644 g/mol. The van der Waals surface area contributed by atoms with Crippen molar-refractivity contribution in [1.82, 2.24) is 9.97 Å². The highest BCUT2D eigenvalue weighted by Gasteiger charge is 2.32. The summed E-state index contributed by atoms with van der Waals surface area (Å²) in [5, 5.41) is 5.73. The third kappa shape index (κ3) is 9.21. The molecule has 2 aromatic heterocycles. The largest absolute Gasteiger partial charge is 0.449 e. The molecule has 0 saturated carbocycles. The number of piperidine rings is 1. The van der Waals surface area contributed by atoms with Gasteiger partial charge in [0.1, 0.15) is 17.2 Å². The molecule has 1 aliphatic heterocycles. The molecular formula is C36H48N6O5. The lowest BCUT2D eigenvalue weighted by Crippen LogP contribution is -2.46. The van der Waals surface area contributed by atoms with Crippen LogP contribution in [0.5, 0.6) is 0 Å². The molecule has 1 aliphatic rings. The molecule has 3 amide bonds. The average molecular weight is 645 g/mol. The summed E-state index contributed by atoms with van der Waals surface area (Å²) in [7, 11) is 0. The summed E-state index contributed by atoms with van der Waals surface area (Å²) in [6.45, 7) is 18.9. The first-order valence-corrected chi connectivity index (χ1v) is 16.2. The number of hydrogen-bond donors (Lipinski definition) is 2. The molecule has 0 unspecified atom stereocenters. The molecule has 0 bridgehead atoms. The second-order valence-electron chi connectivity index (χ2n) is 13.9. The van der Waals surface area contributed by atoms with Crippen molar-refractivity contribution in [2.45, 2.75) is 86.3 Å². The normalized spacial score (nSPS) is 13.9. The third-order valence-electron chi connectivity index (χ3n) is 7.61. The van der Waals surface area contributed by atoms with Crippen molar-refractivity contribution >= 4 is 41.1 Å². The Kier molecular flexibility index (Phi) is 10.8. The van der Waals surface area contributed by atoms with E-state index in [0.717, 1.165) is 31.6 Å². The lowest BCUT2D eigenvalue weighted by Gasteiger charge is -2.36. The smallest absolute Gasteiger partial charge is 0.414 e. The van der Waals surface area contributed by atoms with E-state index in [1.807, 2.05) is 39.8 Å². The number of aryl methyl sites for hydroxylation is 1. The van der Waals surface area contributed by atoms with Gasteiger partial charge in [-0.05, 0) is 117 Å². The number of rotatable bonds is 7. The third-order valence-corrected chi connectivity index (χ3v) is 7.61. The first-order chi connectivity index (χ1) is 22.1. The Morgan fingerprint density at radius 2 is 1.66 bits per heavy atom. The minimum absolute atomic E-state index is 0.200. The molecule has 4 rings (SSSR count). The average Bonchev–Trinajstić information content (AvgIpc) is 2.97. The first-order valence-electron chi connectivity index (χ1n) is 16.2. The van der Waals surface area contributed by atoms with Crippen molar-refractivity contribution in [2.24, 2.45) is 5.92 Å². The molecule has 0 spiro atoms. The minimum atomic E-state index is -0.687. The van der Waals surface area contributed by atoms with Crippen LogP contribution in [0.2, 0.25) is 0 Å². The van der Waals surface area contributed by atoms with Crippen LogP contribution in [0.1, 0.15) is 84.3 Å². The molecule has 1 fully saturated rings. The number of benzene rings is 1. The highest BCUT2D eigenvalue weighted by molar-refractivity contribution is 6.08. The second-order valence-corrected chi connectivity index (χ2v) is 13.9. The fourth-order valence-electron chi connectivity index (χ4n) is 5.38. The molecule has 47 heavy (non-hydrogen) atoms. The van der Waals surface area contributed by atoms with Gasteiger partial charge in [0.05, 0.1) is 23.6 Å². The quantitative estimate of drug-likeness (QED) is 0.265. The number of carbonyl (C=O) groups excluding carboxylic acids is 3. The predicted octanol–water partition coefficient (Wildman–Crippen LogP) is 8.05. The number of ether oxygens (including phenoxy) is 2. The fraction of sp³-hybridized carbons (Fsp3) is 0.472. The van der Waals surface area contributed by atoms with E-state index in [0.29, 0.717) is 39.9 Å². The Balaban J connectivity index is 1.76. The van der Waals surface area contributed by atoms with Gasteiger partial charge in [-0.15, -0.1) is 0 Å². The fourth-order valence-corrected chi connectivity index (χ4v) is 5.38. The maximum Gasteiger partial charge on any atom is 0.414 e. The van der Waals surface area contributed by atoms with Crippen LogP contribution in [0.25, 0.3) is 11.3 Å². The van der Waals surface area contributed by atoms with E-state index in [4.69, 9.17) is 19.4 Å². The number of anilines is 4. The van der Waals surface area contributed by atoms with Crippen molar-refractivity contribution in [1.29, 1.82) is 0 Å². The molecule has 3 aromatic rings. The van der Waals surface area contributed by atoms with Crippen LogP contribution in [0.15, 0.2) is 48.5 Å². The molecular weight excluding hydrogens is 596 g/mol. The van der Waals surface area contributed by atoms with Gasteiger partial charge in [-0.3, -0.25) is 15.0 Å². The van der Waals surface area contributed by atoms with Gasteiger partial charge in [0, 0.05) is 35.6 Å². The summed E-state index contributed by atoms with van der Waals surface area (Å²) in [6.07, 6.45) is 0.923. The van der Waals surface area contributed by atoms with Gasteiger partial charge >= 0.3 is 12.2 Å². The zero-order chi connectivity index (χ0) is 34.5. The molecule has 0 atom stereocenters. The number of carbonyl (C=O) groups is 3. The molecule has 0 radical (unpaired) electrons. The number of hydrogen-bond acceptors (Lipinski definition) is 8. The first kappa shape index (κ1) is 35.2. The van der Waals surface area contributed by atoms with Crippen molar-refractivity contribution in [3.05, 3.63) is 59.8 Å². The van der Waals surface area contributed by atoms with Crippen LogP contribution in [0, 0.1) is 12.8 Å². The molecule has 11 nitrogen and oxygen atoms in total. The minimum Gasteiger partial charge on any atom is -0.449 e. The molecule has 0 aliphatic carbocycles. The van der Waals surface area contributed by atoms with Crippen LogP contribution < -0.4 is 20.4 Å². The Morgan fingerprint density at radius 3 is 2.30 bits per heavy atom. The van der Waals surface area contributed by atoms with E-state index in [1.165, 1.54) is 0 Å². The number of nitrogens with zero attached hydrogens (tertiary/aromatic N) is 4. The Labute approximate surface area is 278 Å². The van der Waals surface area contributed by atoms with Crippen LogP contribution in [0.3, 0.4) is 0 Å². The summed E-state index contributed by atoms with van der Waals surface area (Å²) >= 11 is 0. The lowest BCUT2D eigenvalue weighted by molar-refractivity contribution is 0.0635. The van der Waals surface area contributed by atoms with Gasteiger partial charge in [0.25, 0.3) is 5.91 Å². The van der Waals surface area contributed by atoms with Crippen LogP contribution in [-0.2, 0) is 9.47 Å². The number of pyridine rings is 2. The number of aromatic nitrogens is 2. The molecule has 252 valence electrons. The van der Waals surface area contributed by atoms with Gasteiger partial charge in [0.15, 0.2) is 0 Å². The molecule has 11 heteroatoms. The van der Waals surface area contributed by atoms with Gasteiger partial charge in [-0.25, -0.2) is 19.6 Å². The van der Waals surface area contributed by atoms with Gasteiger partial charge in [-0.1, -0.05) is 13.0 Å². The van der Waals surface area contributed by atoms with Crippen LogP contribution in [0.4, 0.5) is 32.6 Å². The van der Waals surface area contributed by atoms with Crippen molar-refractivity contribution in [2.75, 3.05) is 40.1 Å². The zero-order valence-electron chi connectivity index (χ0n) is 29.1. The van der Waals surface area contributed by atoms with E-state index in [2.05, 4.69) is 22.5 Å². The highest BCUT2D eigenvalue weighted by Crippen LogP contribution is 2.37.